The molecule has 2 N–H and O–H groups in total. The smallest absolute Gasteiger partial charge is 0.342 e. The van der Waals surface area contributed by atoms with Gasteiger partial charge in [-0.25, -0.2) is 4.79 Å². The summed E-state index contributed by atoms with van der Waals surface area (Å²) in [5.74, 6) is -0.00356. The van der Waals surface area contributed by atoms with Crippen LogP contribution in [-0.4, -0.2) is 23.6 Å². The van der Waals surface area contributed by atoms with Crippen LogP contribution in [0.15, 0.2) is 91.1 Å². The molecule has 0 amide bonds. The zero-order chi connectivity index (χ0) is 21.5. The molecule has 1 aromatic heterocycles. The summed E-state index contributed by atoms with van der Waals surface area (Å²) in [5.41, 5.74) is 9.41. The van der Waals surface area contributed by atoms with Crippen molar-refractivity contribution in [2.75, 3.05) is 6.61 Å². The topological polar surface area (TPSA) is 74.4 Å². The Kier molecular flexibility index (Phi) is 6.55. The number of benzene rings is 3. The summed E-state index contributed by atoms with van der Waals surface area (Å²) in [6.45, 7) is 0.461. The molecule has 0 aliphatic rings. The maximum absolute atomic E-state index is 13.0. The number of rotatable bonds is 8. The van der Waals surface area contributed by atoms with Crippen molar-refractivity contribution >= 4 is 16.9 Å². The lowest BCUT2D eigenvalue weighted by Crippen LogP contribution is -2.30. The minimum Gasteiger partial charge on any atom is -0.491 e. The van der Waals surface area contributed by atoms with Gasteiger partial charge in [0.15, 0.2) is 0 Å². The van der Waals surface area contributed by atoms with Crippen LogP contribution in [0.1, 0.15) is 21.5 Å². The van der Waals surface area contributed by atoms with Crippen molar-refractivity contribution < 1.29 is 14.3 Å². The third-order valence-electron chi connectivity index (χ3n) is 4.96. The second-order valence-corrected chi connectivity index (χ2v) is 7.33. The van der Waals surface area contributed by atoms with Crippen LogP contribution in [0, 0.1) is 0 Å². The first-order valence-corrected chi connectivity index (χ1v) is 10.2. The fourth-order valence-electron chi connectivity index (χ4n) is 3.43. The Labute approximate surface area is 181 Å². The predicted molar refractivity (Wildman–Crippen MR) is 121 cm³/mol. The van der Waals surface area contributed by atoms with E-state index in [4.69, 9.17) is 15.2 Å². The third-order valence-corrected chi connectivity index (χ3v) is 4.96. The monoisotopic (exact) mass is 412 g/mol. The quantitative estimate of drug-likeness (QED) is 0.430. The molecule has 31 heavy (non-hydrogen) atoms. The molecule has 0 saturated carbocycles. The fraction of sp³-hybridized carbons (Fsp3) is 0.154. The molecule has 0 spiro atoms. The molecule has 0 fully saturated rings. The highest BCUT2D eigenvalue weighted by Crippen LogP contribution is 2.28. The van der Waals surface area contributed by atoms with E-state index in [-0.39, 0.29) is 19.3 Å². The normalized spacial score (nSPS) is 11.8. The maximum Gasteiger partial charge on any atom is 0.342 e. The summed E-state index contributed by atoms with van der Waals surface area (Å²) in [6.07, 6.45) is 2.38. The lowest BCUT2D eigenvalue weighted by atomic mass is 10.1. The molecule has 5 nitrogen and oxygen atoms in total. The Morgan fingerprint density at radius 1 is 0.871 bits per heavy atom. The van der Waals surface area contributed by atoms with Gasteiger partial charge >= 0.3 is 5.97 Å². The average molecular weight is 412 g/mol. The highest BCUT2D eigenvalue weighted by Gasteiger charge is 2.20. The molecule has 1 heterocycles. The van der Waals surface area contributed by atoms with Crippen molar-refractivity contribution in [3.05, 3.63) is 108 Å². The van der Waals surface area contributed by atoms with E-state index in [1.165, 1.54) is 0 Å². The summed E-state index contributed by atoms with van der Waals surface area (Å²) < 4.78 is 11.6. The molecule has 1 atom stereocenters. The molecule has 0 bridgehead atoms. The Hall–Kier alpha value is -3.70. The van der Waals surface area contributed by atoms with Crippen molar-refractivity contribution in [2.45, 2.75) is 19.1 Å². The lowest BCUT2D eigenvalue weighted by molar-refractivity contribution is 0.0470. The minimum atomic E-state index is -0.450. The SMILES string of the molecule is N[C@@H](COc1ccc2ncccc2c1C(=O)OCc1ccccc1)Cc1ccccc1. The van der Waals surface area contributed by atoms with Gasteiger partial charge in [-0.1, -0.05) is 66.7 Å². The zero-order valence-corrected chi connectivity index (χ0v) is 17.1. The first-order chi connectivity index (χ1) is 15.2. The van der Waals surface area contributed by atoms with Gasteiger partial charge in [-0.05, 0) is 35.7 Å². The van der Waals surface area contributed by atoms with Crippen LogP contribution in [0.2, 0.25) is 0 Å². The average Bonchev–Trinajstić information content (AvgIpc) is 2.82. The molecule has 5 heteroatoms. The van der Waals surface area contributed by atoms with Crippen molar-refractivity contribution in [3.63, 3.8) is 0 Å². The van der Waals surface area contributed by atoms with Crippen LogP contribution in [0.5, 0.6) is 5.75 Å². The minimum absolute atomic E-state index is 0.184. The molecule has 0 aliphatic carbocycles. The number of carbonyl (C=O) groups is 1. The first kappa shape index (κ1) is 20.6. The second-order valence-electron chi connectivity index (χ2n) is 7.33. The van der Waals surface area contributed by atoms with Gasteiger partial charge < -0.3 is 15.2 Å². The third kappa shape index (κ3) is 5.27. The van der Waals surface area contributed by atoms with E-state index in [2.05, 4.69) is 4.98 Å². The Morgan fingerprint density at radius 2 is 1.58 bits per heavy atom. The van der Waals surface area contributed by atoms with E-state index >= 15 is 0 Å². The molecule has 4 aromatic rings. The van der Waals surface area contributed by atoms with Crippen molar-refractivity contribution in [1.29, 1.82) is 0 Å². The Balaban J connectivity index is 1.53. The number of carbonyl (C=O) groups excluding carboxylic acids is 1. The van der Waals surface area contributed by atoms with Crippen LogP contribution < -0.4 is 10.5 Å². The van der Waals surface area contributed by atoms with Gasteiger partial charge in [-0.15, -0.1) is 0 Å². The first-order valence-electron chi connectivity index (χ1n) is 10.2. The number of esters is 1. The number of ether oxygens (including phenoxy) is 2. The van der Waals surface area contributed by atoms with E-state index < -0.39 is 5.97 Å². The molecule has 0 saturated heterocycles. The van der Waals surface area contributed by atoms with Crippen LogP contribution in [0.4, 0.5) is 0 Å². The largest absolute Gasteiger partial charge is 0.491 e. The number of fused-ring (bicyclic) bond motifs is 1. The molecule has 0 unspecified atom stereocenters. The van der Waals surface area contributed by atoms with E-state index in [0.29, 0.717) is 28.6 Å². The van der Waals surface area contributed by atoms with Gasteiger partial charge in [-0.2, -0.15) is 0 Å². The van der Waals surface area contributed by atoms with Gasteiger partial charge in [0.05, 0.1) is 5.52 Å². The van der Waals surface area contributed by atoms with E-state index in [1.54, 1.807) is 18.3 Å². The highest BCUT2D eigenvalue weighted by molar-refractivity contribution is 6.06. The van der Waals surface area contributed by atoms with Crippen molar-refractivity contribution in [3.8, 4) is 5.75 Å². The number of hydrogen-bond donors (Lipinski definition) is 1. The van der Waals surface area contributed by atoms with E-state index in [9.17, 15) is 4.79 Å². The molecule has 0 aliphatic heterocycles. The van der Waals surface area contributed by atoms with Crippen molar-refractivity contribution in [1.82, 2.24) is 4.98 Å². The molecular weight excluding hydrogens is 388 g/mol. The Morgan fingerprint density at radius 3 is 2.32 bits per heavy atom. The van der Waals surface area contributed by atoms with Crippen LogP contribution in [0.25, 0.3) is 10.9 Å². The van der Waals surface area contributed by atoms with Crippen LogP contribution in [0.3, 0.4) is 0 Å². The number of hydrogen-bond acceptors (Lipinski definition) is 5. The number of nitrogens with zero attached hydrogens (tertiary/aromatic N) is 1. The van der Waals surface area contributed by atoms with Gasteiger partial charge in [0.2, 0.25) is 0 Å². The number of aromatic nitrogens is 1. The maximum atomic E-state index is 13.0. The standard InChI is InChI=1S/C26H24N2O3/c27-21(16-19-8-3-1-4-9-19)18-30-24-14-13-23-22(12-7-15-28-23)25(24)26(29)31-17-20-10-5-2-6-11-20/h1-15,21H,16-18,27H2/t21-/m1/s1. The number of nitrogens with two attached hydrogens (primary N) is 1. The van der Waals surface area contributed by atoms with Crippen LogP contribution >= 0.6 is 0 Å². The van der Waals surface area contributed by atoms with Crippen molar-refractivity contribution in [2.24, 2.45) is 5.73 Å². The summed E-state index contributed by atoms with van der Waals surface area (Å²) in [4.78, 5) is 17.4. The van der Waals surface area contributed by atoms with E-state index in [0.717, 1.165) is 11.1 Å². The summed E-state index contributed by atoms with van der Waals surface area (Å²) >= 11 is 0. The lowest BCUT2D eigenvalue weighted by Gasteiger charge is -2.17. The summed E-state index contributed by atoms with van der Waals surface area (Å²) in [5, 5.41) is 0.690. The van der Waals surface area contributed by atoms with Crippen LogP contribution in [-0.2, 0) is 17.8 Å². The second kappa shape index (κ2) is 9.87. The molecular formula is C26H24N2O3. The Bertz CT molecular complexity index is 1150. The predicted octanol–water partition coefficient (Wildman–Crippen LogP) is 4.54. The summed E-state index contributed by atoms with van der Waals surface area (Å²) in [6, 6.07) is 26.6. The van der Waals surface area contributed by atoms with Gasteiger partial charge in [0, 0.05) is 17.6 Å². The number of pyridine rings is 1. The van der Waals surface area contributed by atoms with Gasteiger partial charge in [0.1, 0.15) is 24.5 Å². The molecule has 0 radical (unpaired) electrons. The molecule has 4 rings (SSSR count). The van der Waals surface area contributed by atoms with E-state index in [1.807, 2.05) is 72.8 Å². The highest BCUT2D eigenvalue weighted by atomic mass is 16.5. The van der Waals surface area contributed by atoms with Gasteiger partial charge in [-0.3, -0.25) is 4.98 Å². The zero-order valence-electron chi connectivity index (χ0n) is 17.1. The molecule has 3 aromatic carbocycles. The van der Waals surface area contributed by atoms with Gasteiger partial charge in [0.25, 0.3) is 0 Å². The summed E-state index contributed by atoms with van der Waals surface area (Å²) in [7, 11) is 0. The fourth-order valence-corrected chi connectivity index (χ4v) is 3.43. The molecule has 156 valence electrons.